The minimum absolute atomic E-state index is 0.0137. The summed E-state index contributed by atoms with van der Waals surface area (Å²) in [7, 11) is 0. The minimum Gasteiger partial charge on any atom is -0.465 e. The molecule has 0 bridgehead atoms. The van der Waals surface area contributed by atoms with Crippen LogP contribution in [0.5, 0.6) is 0 Å². The second-order valence-electron chi connectivity index (χ2n) is 8.09. The Bertz CT molecular complexity index is 510. The molecule has 0 rings (SSSR count). The Morgan fingerprint density at radius 1 is 0.679 bits per heavy atom. The SMILES string of the molecule is CC(=O)OC(CC(=O)OCC(C)C)(CC(=O)OCC(C)C)C(=O)OCC(C)C. The molecule has 0 N–H and O–H groups in total. The van der Waals surface area contributed by atoms with Crippen LogP contribution in [0, 0.1) is 17.8 Å². The van der Waals surface area contributed by atoms with Crippen molar-refractivity contribution >= 4 is 23.9 Å². The van der Waals surface area contributed by atoms with E-state index in [9.17, 15) is 19.2 Å². The van der Waals surface area contributed by atoms with Crippen LogP contribution >= 0.6 is 0 Å². The van der Waals surface area contributed by atoms with Crippen LogP contribution in [0.3, 0.4) is 0 Å². The summed E-state index contributed by atoms with van der Waals surface area (Å²) < 4.78 is 20.6. The molecule has 0 aliphatic carbocycles. The van der Waals surface area contributed by atoms with Crippen LogP contribution in [0.15, 0.2) is 0 Å². The first kappa shape index (κ1) is 25.9. The van der Waals surface area contributed by atoms with Gasteiger partial charge in [0.15, 0.2) is 0 Å². The molecule has 0 unspecified atom stereocenters. The van der Waals surface area contributed by atoms with Crippen molar-refractivity contribution in [3.63, 3.8) is 0 Å². The van der Waals surface area contributed by atoms with Crippen LogP contribution in [0.1, 0.15) is 61.3 Å². The molecule has 0 atom stereocenters. The van der Waals surface area contributed by atoms with Gasteiger partial charge in [-0.05, 0) is 17.8 Å². The Morgan fingerprint density at radius 3 is 1.36 bits per heavy atom. The van der Waals surface area contributed by atoms with Crippen LogP contribution in [0.2, 0.25) is 0 Å². The second-order valence-corrected chi connectivity index (χ2v) is 8.09. The van der Waals surface area contributed by atoms with Gasteiger partial charge in [0.2, 0.25) is 5.60 Å². The largest absolute Gasteiger partial charge is 0.465 e. The smallest absolute Gasteiger partial charge is 0.351 e. The maximum atomic E-state index is 12.7. The third kappa shape index (κ3) is 10.9. The van der Waals surface area contributed by atoms with E-state index in [1.807, 2.05) is 41.5 Å². The molecule has 28 heavy (non-hydrogen) atoms. The van der Waals surface area contributed by atoms with E-state index in [-0.39, 0.29) is 37.6 Å². The summed E-state index contributed by atoms with van der Waals surface area (Å²) in [4.78, 5) is 48.9. The van der Waals surface area contributed by atoms with Crippen LogP contribution in [0.4, 0.5) is 0 Å². The van der Waals surface area contributed by atoms with Crippen molar-refractivity contribution in [3.05, 3.63) is 0 Å². The van der Waals surface area contributed by atoms with Crippen LogP contribution in [0.25, 0.3) is 0 Å². The zero-order valence-corrected chi connectivity index (χ0v) is 18.0. The molecule has 0 aromatic heterocycles. The second kappa shape index (κ2) is 12.4. The fraction of sp³-hybridized carbons (Fsp3) is 0.800. The topological polar surface area (TPSA) is 105 Å². The van der Waals surface area contributed by atoms with Gasteiger partial charge >= 0.3 is 23.9 Å². The highest BCUT2D eigenvalue weighted by atomic mass is 16.6. The number of carbonyl (C=O) groups excluding carboxylic acids is 4. The lowest BCUT2D eigenvalue weighted by Crippen LogP contribution is -2.48. The Labute approximate surface area is 167 Å². The van der Waals surface area contributed by atoms with Gasteiger partial charge in [-0.3, -0.25) is 14.4 Å². The fourth-order valence-electron chi connectivity index (χ4n) is 2.06. The molecule has 0 aliphatic heterocycles. The van der Waals surface area contributed by atoms with Crippen molar-refractivity contribution in [2.45, 2.75) is 66.9 Å². The highest BCUT2D eigenvalue weighted by Gasteiger charge is 2.48. The summed E-state index contributed by atoms with van der Waals surface area (Å²) in [6.07, 6.45) is -1.26. The highest BCUT2D eigenvalue weighted by molar-refractivity contribution is 5.92. The lowest BCUT2D eigenvalue weighted by atomic mass is 9.94. The van der Waals surface area contributed by atoms with E-state index in [2.05, 4.69) is 0 Å². The lowest BCUT2D eigenvalue weighted by molar-refractivity contribution is -0.191. The molecule has 0 amide bonds. The van der Waals surface area contributed by atoms with E-state index in [0.717, 1.165) is 6.92 Å². The average molecular weight is 402 g/mol. The Morgan fingerprint density at radius 2 is 1.04 bits per heavy atom. The zero-order valence-electron chi connectivity index (χ0n) is 18.0. The number of ether oxygens (including phenoxy) is 4. The normalized spacial score (nSPS) is 11.5. The first-order valence-corrected chi connectivity index (χ1v) is 9.56. The van der Waals surface area contributed by atoms with Crippen molar-refractivity contribution in [2.24, 2.45) is 17.8 Å². The predicted octanol–water partition coefficient (Wildman–Crippen LogP) is 2.67. The maximum Gasteiger partial charge on any atom is 0.351 e. The van der Waals surface area contributed by atoms with Crippen LogP contribution < -0.4 is 0 Å². The van der Waals surface area contributed by atoms with Crippen molar-refractivity contribution in [1.82, 2.24) is 0 Å². The van der Waals surface area contributed by atoms with E-state index < -0.39 is 42.3 Å². The molecule has 8 heteroatoms. The van der Waals surface area contributed by atoms with Crippen molar-refractivity contribution in [3.8, 4) is 0 Å². The standard InChI is InChI=1S/C20H34O8/c1-13(2)10-25-17(22)8-20(28-16(7)21,19(24)27-12-15(5)6)9-18(23)26-11-14(3)4/h13-15H,8-12H2,1-7H3. The van der Waals surface area contributed by atoms with Gasteiger partial charge in [-0.1, -0.05) is 41.5 Å². The van der Waals surface area contributed by atoms with Crippen LogP contribution in [-0.4, -0.2) is 49.3 Å². The molecule has 0 radical (unpaired) electrons. The molecule has 0 saturated heterocycles. The fourth-order valence-corrected chi connectivity index (χ4v) is 2.06. The zero-order chi connectivity index (χ0) is 21.9. The van der Waals surface area contributed by atoms with E-state index in [4.69, 9.17) is 18.9 Å². The van der Waals surface area contributed by atoms with Gasteiger partial charge in [0, 0.05) is 6.92 Å². The average Bonchev–Trinajstić information content (AvgIpc) is 2.55. The molecule has 0 saturated carbocycles. The molecule has 0 spiro atoms. The Balaban J connectivity index is 5.59. The minimum atomic E-state index is -2.12. The maximum absolute atomic E-state index is 12.7. The van der Waals surface area contributed by atoms with Gasteiger partial charge in [0.25, 0.3) is 0 Å². The number of carbonyl (C=O) groups is 4. The number of hydrogen-bond donors (Lipinski definition) is 0. The van der Waals surface area contributed by atoms with Gasteiger partial charge in [-0.2, -0.15) is 0 Å². The molecular weight excluding hydrogens is 368 g/mol. The van der Waals surface area contributed by atoms with Crippen molar-refractivity contribution in [1.29, 1.82) is 0 Å². The van der Waals surface area contributed by atoms with E-state index >= 15 is 0 Å². The van der Waals surface area contributed by atoms with E-state index in [1.54, 1.807) is 0 Å². The van der Waals surface area contributed by atoms with Crippen molar-refractivity contribution in [2.75, 3.05) is 19.8 Å². The van der Waals surface area contributed by atoms with Crippen molar-refractivity contribution < 1.29 is 38.1 Å². The monoisotopic (exact) mass is 402 g/mol. The molecule has 0 aromatic rings. The van der Waals surface area contributed by atoms with Gasteiger partial charge in [-0.15, -0.1) is 0 Å². The molecular formula is C20H34O8. The van der Waals surface area contributed by atoms with Gasteiger partial charge in [-0.25, -0.2) is 4.79 Å². The van der Waals surface area contributed by atoms with E-state index in [0.29, 0.717) is 0 Å². The van der Waals surface area contributed by atoms with E-state index in [1.165, 1.54) is 0 Å². The van der Waals surface area contributed by atoms with Gasteiger partial charge in [0.05, 0.1) is 32.7 Å². The molecule has 0 aliphatic rings. The highest BCUT2D eigenvalue weighted by Crippen LogP contribution is 2.26. The summed E-state index contributed by atoms with van der Waals surface area (Å²) in [6, 6.07) is 0. The quantitative estimate of drug-likeness (QED) is 0.362. The first-order valence-electron chi connectivity index (χ1n) is 9.56. The number of hydrogen-bond acceptors (Lipinski definition) is 8. The summed E-state index contributed by atoms with van der Waals surface area (Å²) in [5.74, 6) is -3.16. The molecule has 0 fully saturated rings. The summed E-state index contributed by atoms with van der Waals surface area (Å²) >= 11 is 0. The molecule has 0 aromatic carbocycles. The summed E-state index contributed by atoms with van der Waals surface area (Å²) in [6.45, 7) is 12.5. The summed E-state index contributed by atoms with van der Waals surface area (Å²) in [5, 5.41) is 0. The Kier molecular flexibility index (Phi) is 11.4. The van der Waals surface area contributed by atoms with Crippen LogP contribution in [-0.2, 0) is 38.1 Å². The van der Waals surface area contributed by atoms with Gasteiger partial charge < -0.3 is 18.9 Å². The lowest BCUT2D eigenvalue weighted by Gasteiger charge is -2.29. The third-order valence-electron chi connectivity index (χ3n) is 3.27. The Hall–Kier alpha value is -2.12. The molecule has 8 nitrogen and oxygen atoms in total. The van der Waals surface area contributed by atoms with Gasteiger partial charge in [0.1, 0.15) is 0 Å². The first-order chi connectivity index (χ1) is 12.9. The number of esters is 4. The molecule has 162 valence electrons. The molecule has 0 heterocycles. The summed E-state index contributed by atoms with van der Waals surface area (Å²) in [5.41, 5.74) is -2.12. The predicted molar refractivity (Wildman–Crippen MR) is 101 cm³/mol. The third-order valence-corrected chi connectivity index (χ3v) is 3.27. The number of rotatable bonds is 12.